The molecule has 2 heteroatoms. The standard InChI is InChI=1S/C20H26.C4H8O2/c1-13-12-18-17(16-7-5-4-6-15(13)16)10-11-20(3)14(2)8-9-19(18)20;1-4(5)3-6-2/h4-7,14,17-19H,1,8-12H2,2-3H3;3H2,1-2H3. The lowest BCUT2D eigenvalue weighted by molar-refractivity contribution is -0.120. The molecule has 0 bridgehead atoms. The van der Waals surface area contributed by atoms with Crippen molar-refractivity contribution >= 4 is 11.4 Å². The first-order valence-corrected chi connectivity index (χ1v) is 10.1. The largest absolute Gasteiger partial charge is 0.377 e. The lowest BCUT2D eigenvalue weighted by Gasteiger charge is -2.51. The number of benzene rings is 1. The van der Waals surface area contributed by atoms with Crippen molar-refractivity contribution in [3.8, 4) is 0 Å². The highest BCUT2D eigenvalue weighted by Crippen LogP contribution is 2.63. The van der Waals surface area contributed by atoms with Crippen LogP contribution in [0.5, 0.6) is 0 Å². The molecular formula is C24H34O2. The summed E-state index contributed by atoms with van der Waals surface area (Å²) in [5, 5.41) is 0. The number of hydrogen-bond acceptors (Lipinski definition) is 2. The molecule has 0 N–H and O–H groups in total. The van der Waals surface area contributed by atoms with Gasteiger partial charge in [0.15, 0.2) is 5.78 Å². The Morgan fingerprint density at radius 1 is 1.27 bits per heavy atom. The van der Waals surface area contributed by atoms with E-state index in [1.54, 1.807) is 5.56 Å². The van der Waals surface area contributed by atoms with E-state index in [4.69, 9.17) is 0 Å². The van der Waals surface area contributed by atoms with Gasteiger partial charge >= 0.3 is 0 Å². The van der Waals surface area contributed by atoms with Crippen molar-refractivity contribution in [2.75, 3.05) is 13.7 Å². The van der Waals surface area contributed by atoms with Gasteiger partial charge in [0.2, 0.25) is 0 Å². The maximum absolute atomic E-state index is 9.92. The summed E-state index contributed by atoms with van der Waals surface area (Å²) >= 11 is 0. The first kappa shape index (κ1) is 19.4. The first-order chi connectivity index (χ1) is 12.4. The zero-order chi connectivity index (χ0) is 18.9. The SMILES string of the molecule is C=C1CC2C(CCC3(C)C(C)CCC23)c2ccccc21.COCC(C)=O. The van der Waals surface area contributed by atoms with E-state index < -0.39 is 0 Å². The van der Waals surface area contributed by atoms with E-state index in [0.29, 0.717) is 5.41 Å². The van der Waals surface area contributed by atoms with Gasteiger partial charge in [0.25, 0.3) is 0 Å². The Morgan fingerprint density at radius 3 is 2.65 bits per heavy atom. The number of allylic oxidation sites excluding steroid dienone is 1. The zero-order valence-electron chi connectivity index (χ0n) is 16.9. The van der Waals surface area contributed by atoms with Gasteiger partial charge in [-0.05, 0) is 84.8 Å². The van der Waals surface area contributed by atoms with E-state index in [9.17, 15) is 4.79 Å². The number of ketones is 1. The van der Waals surface area contributed by atoms with Crippen LogP contribution in [0.1, 0.15) is 69.9 Å². The summed E-state index contributed by atoms with van der Waals surface area (Å²) in [4.78, 5) is 9.92. The van der Waals surface area contributed by atoms with E-state index in [-0.39, 0.29) is 12.4 Å². The van der Waals surface area contributed by atoms with Crippen molar-refractivity contribution in [2.24, 2.45) is 23.2 Å². The minimum Gasteiger partial charge on any atom is -0.377 e. The second-order valence-corrected chi connectivity index (χ2v) is 8.93. The third kappa shape index (κ3) is 3.41. The fourth-order valence-electron chi connectivity index (χ4n) is 5.96. The van der Waals surface area contributed by atoms with Crippen LogP contribution in [0.4, 0.5) is 0 Å². The van der Waals surface area contributed by atoms with Crippen molar-refractivity contribution in [3.05, 3.63) is 42.0 Å². The molecule has 0 spiro atoms. The van der Waals surface area contributed by atoms with Crippen molar-refractivity contribution in [3.63, 3.8) is 0 Å². The van der Waals surface area contributed by atoms with Crippen molar-refractivity contribution in [1.29, 1.82) is 0 Å². The van der Waals surface area contributed by atoms with Gasteiger partial charge in [0.1, 0.15) is 6.61 Å². The molecule has 5 unspecified atom stereocenters. The van der Waals surface area contributed by atoms with Crippen LogP contribution >= 0.6 is 0 Å². The monoisotopic (exact) mass is 354 g/mol. The van der Waals surface area contributed by atoms with Gasteiger partial charge in [-0.2, -0.15) is 0 Å². The number of carbonyl (C=O) groups is 1. The highest BCUT2D eigenvalue weighted by Gasteiger charge is 2.53. The second-order valence-electron chi connectivity index (χ2n) is 8.93. The van der Waals surface area contributed by atoms with E-state index in [2.05, 4.69) is 49.4 Å². The van der Waals surface area contributed by atoms with Gasteiger partial charge in [-0.1, -0.05) is 44.7 Å². The average molecular weight is 355 g/mol. The van der Waals surface area contributed by atoms with Gasteiger partial charge in [-0.15, -0.1) is 0 Å². The van der Waals surface area contributed by atoms with Gasteiger partial charge in [0, 0.05) is 7.11 Å². The lowest BCUT2D eigenvalue weighted by atomic mass is 9.54. The molecule has 0 radical (unpaired) electrons. The predicted molar refractivity (Wildman–Crippen MR) is 108 cm³/mol. The molecule has 3 aliphatic rings. The van der Waals surface area contributed by atoms with Crippen molar-refractivity contribution < 1.29 is 9.53 Å². The third-order valence-corrected chi connectivity index (χ3v) is 7.48. The summed E-state index contributed by atoms with van der Waals surface area (Å²) in [6, 6.07) is 9.06. The smallest absolute Gasteiger partial charge is 0.155 e. The first-order valence-electron chi connectivity index (χ1n) is 10.1. The topological polar surface area (TPSA) is 26.3 Å². The average Bonchev–Trinajstić information content (AvgIpc) is 2.91. The molecule has 1 aromatic rings. The van der Waals surface area contributed by atoms with Gasteiger partial charge in [-0.3, -0.25) is 4.79 Å². The molecule has 2 saturated carbocycles. The third-order valence-electron chi connectivity index (χ3n) is 7.48. The van der Waals surface area contributed by atoms with E-state index in [1.165, 1.54) is 57.3 Å². The highest BCUT2D eigenvalue weighted by atomic mass is 16.5. The molecule has 0 saturated heterocycles. The number of rotatable bonds is 2. The maximum atomic E-state index is 9.92. The quantitative estimate of drug-likeness (QED) is 0.664. The molecule has 5 atom stereocenters. The van der Waals surface area contributed by atoms with E-state index in [0.717, 1.165) is 23.7 Å². The highest BCUT2D eigenvalue weighted by molar-refractivity contribution is 5.76. The second kappa shape index (κ2) is 7.68. The van der Waals surface area contributed by atoms with Crippen molar-refractivity contribution in [1.82, 2.24) is 0 Å². The predicted octanol–water partition coefficient (Wildman–Crippen LogP) is 5.87. The number of ether oxygens (including phenoxy) is 1. The summed E-state index contributed by atoms with van der Waals surface area (Å²) in [5.74, 6) is 3.58. The van der Waals surface area contributed by atoms with Crippen LogP contribution in [0.15, 0.2) is 30.8 Å². The van der Waals surface area contributed by atoms with Crippen LogP contribution in [0, 0.1) is 23.2 Å². The Balaban J connectivity index is 0.000000286. The van der Waals surface area contributed by atoms with E-state index >= 15 is 0 Å². The van der Waals surface area contributed by atoms with Crippen molar-refractivity contribution in [2.45, 2.75) is 58.8 Å². The summed E-state index contributed by atoms with van der Waals surface area (Å²) in [6.45, 7) is 11.2. The number of carbonyl (C=O) groups excluding carboxylic acids is 1. The van der Waals surface area contributed by atoms with Gasteiger partial charge in [0.05, 0.1) is 0 Å². The summed E-state index contributed by atoms with van der Waals surface area (Å²) in [5.41, 5.74) is 5.07. The maximum Gasteiger partial charge on any atom is 0.155 e. The molecule has 0 heterocycles. The van der Waals surface area contributed by atoms with Gasteiger partial charge in [-0.25, -0.2) is 0 Å². The van der Waals surface area contributed by atoms with E-state index in [1.807, 2.05) is 0 Å². The van der Waals surface area contributed by atoms with Crippen LogP contribution in [-0.2, 0) is 9.53 Å². The van der Waals surface area contributed by atoms with Gasteiger partial charge < -0.3 is 4.74 Å². The summed E-state index contributed by atoms with van der Waals surface area (Å²) in [6.07, 6.45) is 6.97. The van der Waals surface area contributed by atoms with Crippen LogP contribution in [-0.4, -0.2) is 19.5 Å². The summed E-state index contributed by atoms with van der Waals surface area (Å²) in [7, 11) is 1.50. The molecule has 1 aromatic carbocycles. The molecule has 3 aliphatic carbocycles. The Labute approximate surface area is 159 Å². The molecule has 142 valence electrons. The molecule has 4 rings (SSSR count). The lowest BCUT2D eigenvalue weighted by Crippen LogP contribution is -2.41. The normalized spacial score (nSPS) is 34.8. The Kier molecular flexibility index (Phi) is 5.72. The number of fused-ring (bicyclic) bond motifs is 5. The van der Waals surface area contributed by atoms with Crippen LogP contribution in [0.3, 0.4) is 0 Å². The Hall–Kier alpha value is -1.41. The number of methoxy groups -OCH3 is 1. The van der Waals surface area contributed by atoms with Crippen LogP contribution in [0.25, 0.3) is 5.57 Å². The number of Topliss-reactive ketones (excluding diaryl/α,β-unsaturated/α-hetero) is 1. The minimum absolute atomic E-state index is 0.0671. The fourth-order valence-corrected chi connectivity index (χ4v) is 5.96. The molecular weight excluding hydrogens is 320 g/mol. The molecule has 26 heavy (non-hydrogen) atoms. The van der Waals surface area contributed by atoms with Crippen LogP contribution < -0.4 is 0 Å². The Bertz CT molecular complexity index is 677. The minimum atomic E-state index is 0.0671. The molecule has 0 aliphatic heterocycles. The molecule has 0 aromatic heterocycles. The molecule has 0 amide bonds. The molecule has 2 nitrogen and oxygen atoms in total. The zero-order valence-corrected chi connectivity index (χ0v) is 16.9. The van der Waals surface area contributed by atoms with Crippen LogP contribution in [0.2, 0.25) is 0 Å². The Morgan fingerprint density at radius 2 is 2.00 bits per heavy atom. The summed E-state index contributed by atoms with van der Waals surface area (Å²) < 4.78 is 4.45. The fraction of sp³-hybridized carbons (Fsp3) is 0.625. The molecule has 2 fully saturated rings. The number of hydrogen-bond donors (Lipinski definition) is 0.